The van der Waals surface area contributed by atoms with Gasteiger partial charge in [-0.15, -0.1) is 0 Å². The SMILES string of the molecule is COc1ccc2c(c1)CC[C@@H](CNC[C@H](O)c1ccc(NS(C)(=O)=O)cc1)C2=O. The van der Waals surface area contributed by atoms with Gasteiger partial charge < -0.3 is 15.2 Å². The van der Waals surface area contributed by atoms with Gasteiger partial charge in [-0.05, 0) is 54.3 Å². The van der Waals surface area contributed by atoms with E-state index in [1.54, 1.807) is 37.4 Å². The number of carbonyl (C=O) groups excluding carboxylic acids is 1. The van der Waals surface area contributed by atoms with Gasteiger partial charge >= 0.3 is 0 Å². The predicted octanol–water partition coefficient (Wildman–Crippen LogP) is 2.13. The van der Waals surface area contributed by atoms with E-state index in [9.17, 15) is 18.3 Å². The normalized spacial score (nSPS) is 17.5. The van der Waals surface area contributed by atoms with Crippen LogP contribution in [0.25, 0.3) is 0 Å². The van der Waals surface area contributed by atoms with Crippen molar-refractivity contribution in [2.45, 2.75) is 18.9 Å². The summed E-state index contributed by atoms with van der Waals surface area (Å²) in [6, 6.07) is 12.1. The van der Waals surface area contributed by atoms with E-state index in [4.69, 9.17) is 4.74 Å². The molecule has 3 N–H and O–H groups in total. The molecule has 1 aliphatic carbocycles. The Morgan fingerprint density at radius 3 is 2.59 bits per heavy atom. The summed E-state index contributed by atoms with van der Waals surface area (Å²) >= 11 is 0. The van der Waals surface area contributed by atoms with Crippen LogP contribution in [0.1, 0.15) is 34.0 Å². The molecule has 29 heavy (non-hydrogen) atoms. The van der Waals surface area contributed by atoms with Crippen molar-refractivity contribution in [3.8, 4) is 5.75 Å². The van der Waals surface area contributed by atoms with Crippen LogP contribution in [0.4, 0.5) is 5.69 Å². The number of Topliss-reactive ketones (excluding diaryl/α,β-unsaturated/α-hetero) is 1. The van der Waals surface area contributed by atoms with Gasteiger partial charge in [0.05, 0.1) is 19.5 Å². The summed E-state index contributed by atoms with van der Waals surface area (Å²) in [6.07, 6.45) is 1.91. The van der Waals surface area contributed by atoms with Crippen LogP contribution < -0.4 is 14.8 Å². The zero-order valence-corrected chi connectivity index (χ0v) is 17.3. The third kappa shape index (κ3) is 5.56. The number of anilines is 1. The monoisotopic (exact) mass is 418 g/mol. The lowest BCUT2D eigenvalue weighted by Crippen LogP contribution is -2.34. The molecule has 0 amide bonds. The van der Waals surface area contributed by atoms with Gasteiger partial charge in [-0.1, -0.05) is 12.1 Å². The van der Waals surface area contributed by atoms with Gasteiger partial charge in [0, 0.05) is 30.3 Å². The van der Waals surface area contributed by atoms with Gasteiger partial charge in [0.15, 0.2) is 5.78 Å². The maximum atomic E-state index is 12.7. The second-order valence-electron chi connectivity index (χ2n) is 7.29. The zero-order valence-electron chi connectivity index (χ0n) is 16.5. The summed E-state index contributed by atoms with van der Waals surface area (Å²) in [5.41, 5.74) is 2.88. The Balaban J connectivity index is 1.52. The molecule has 2 aromatic carbocycles. The highest BCUT2D eigenvalue weighted by atomic mass is 32.2. The van der Waals surface area contributed by atoms with Crippen molar-refractivity contribution in [2.75, 3.05) is 31.2 Å². The molecule has 0 radical (unpaired) electrons. The van der Waals surface area contributed by atoms with Crippen molar-refractivity contribution in [2.24, 2.45) is 5.92 Å². The lowest BCUT2D eigenvalue weighted by molar-refractivity contribution is 0.0894. The molecule has 0 heterocycles. The number of aryl methyl sites for hydroxylation is 1. The molecular formula is C21H26N2O5S. The third-order valence-corrected chi connectivity index (χ3v) is 5.64. The Labute approximate surface area is 171 Å². The topological polar surface area (TPSA) is 105 Å². The quantitative estimate of drug-likeness (QED) is 0.607. The summed E-state index contributed by atoms with van der Waals surface area (Å²) in [5.74, 6) is 0.755. The molecule has 0 spiro atoms. The minimum absolute atomic E-state index is 0.118. The first-order valence-electron chi connectivity index (χ1n) is 9.44. The predicted molar refractivity (Wildman–Crippen MR) is 112 cm³/mol. The van der Waals surface area contributed by atoms with Crippen molar-refractivity contribution >= 4 is 21.5 Å². The number of fused-ring (bicyclic) bond motifs is 1. The Bertz CT molecular complexity index is 973. The van der Waals surface area contributed by atoms with Crippen LogP contribution in [-0.4, -0.2) is 45.8 Å². The average Bonchev–Trinajstić information content (AvgIpc) is 2.68. The molecule has 2 aromatic rings. The molecule has 2 atom stereocenters. The minimum atomic E-state index is -3.33. The molecule has 3 rings (SSSR count). The number of carbonyl (C=O) groups is 1. The number of ether oxygens (including phenoxy) is 1. The molecule has 0 saturated heterocycles. The molecule has 7 nitrogen and oxygen atoms in total. The number of aliphatic hydroxyl groups excluding tert-OH is 1. The minimum Gasteiger partial charge on any atom is -0.497 e. The van der Waals surface area contributed by atoms with Gasteiger partial charge in [-0.3, -0.25) is 9.52 Å². The Kier molecular flexibility index (Phi) is 6.56. The van der Waals surface area contributed by atoms with Gasteiger partial charge in [0.2, 0.25) is 10.0 Å². The first kappa shape index (κ1) is 21.3. The molecule has 1 aliphatic rings. The zero-order chi connectivity index (χ0) is 21.0. The van der Waals surface area contributed by atoms with Crippen molar-refractivity contribution in [3.63, 3.8) is 0 Å². The number of hydrogen-bond donors (Lipinski definition) is 3. The summed E-state index contributed by atoms with van der Waals surface area (Å²) in [5, 5.41) is 13.5. The highest BCUT2D eigenvalue weighted by Crippen LogP contribution is 2.28. The molecule has 0 aromatic heterocycles. The van der Waals surface area contributed by atoms with E-state index in [1.165, 1.54) is 0 Å². The van der Waals surface area contributed by atoms with Crippen molar-refractivity contribution < 1.29 is 23.1 Å². The first-order valence-corrected chi connectivity index (χ1v) is 11.3. The van der Waals surface area contributed by atoms with Gasteiger partial charge in [0.1, 0.15) is 5.75 Å². The fraction of sp³-hybridized carbons (Fsp3) is 0.381. The number of nitrogens with one attached hydrogen (secondary N) is 2. The lowest BCUT2D eigenvalue weighted by Gasteiger charge is -2.24. The van der Waals surface area contributed by atoms with E-state index in [2.05, 4.69) is 10.0 Å². The van der Waals surface area contributed by atoms with Crippen molar-refractivity contribution in [1.82, 2.24) is 5.32 Å². The van der Waals surface area contributed by atoms with E-state index >= 15 is 0 Å². The maximum Gasteiger partial charge on any atom is 0.229 e. The second kappa shape index (κ2) is 8.94. The van der Waals surface area contributed by atoms with Crippen LogP contribution in [-0.2, 0) is 16.4 Å². The summed E-state index contributed by atoms with van der Waals surface area (Å²) in [4.78, 5) is 12.7. The van der Waals surface area contributed by atoms with E-state index in [0.29, 0.717) is 24.3 Å². The van der Waals surface area contributed by atoms with Crippen molar-refractivity contribution in [1.29, 1.82) is 0 Å². The van der Waals surface area contributed by atoms with E-state index in [-0.39, 0.29) is 11.7 Å². The van der Waals surface area contributed by atoms with Crippen LogP contribution in [0.5, 0.6) is 5.75 Å². The molecule has 156 valence electrons. The van der Waals surface area contributed by atoms with Gasteiger partial charge in [-0.25, -0.2) is 8.42 Å². The molecule has 0 aliphatic heterocycles. The number of aliphatic hydroxyl groups is 1. The van der Waals surface area contributed by atoms with Crippen LogP contribution >= 0.6 is 0 Å². The number of hydrogen-bond acceptors (Lipinski definition) is 6. The Morgan fingerprint density at radius 1 is 1.21 bits per heavy atom. The number of ketones is 1. The lowest BCUT2D eigenvalue weighted by atomic mass is 9.82. The van der Waals surface area contributed by atoms with Crippen LogP contribution in [0.15, 0.2) is 42.5 Å². The Hall–Kier alpha value is -2.42. The number of rotatable bonds is 8. The molecule has 0 bridgehead atoms. The second-order valence-corrected chi connectivity index (χ2v) is 9.04. The van der Waals surface area contributed by atoms with Gasteiger partial charge in [-0.2, -0.15) is 0 Å². The average molecular weight is 419 g/mol. The van der Waals surface area contributed by atoms with Gasteiger partial charge in [0.25, 0.3) is 0 Å². The van der Waals surface area contributed by atoms with Crippen molar-refractivity contribution in [3.05, 3.63) is 59.2 Å². The van der Waals surface area contributed by atoms with Crippen LogP contribution in [0.2, 0.25) is 0 Å². The molecule has 0 unspecified atom stereocenters. The van der Waals surface area contributed by atoms with E-state index in [1.807, 2.05) is 12.1 Å². The van der Waals surface area contributed by atoms with Crippen LogP contribution in [0, 0.1) is 5.92 Å². The Morgan fingerprint density at radius 2 is 1.93 bits per heavy atom. The standard InChI is InChI=1S/C21H26N2O5S/c1-28-18-9-10-19-15(11-18)3-4-16(21(19)25)12-22-13-20(24)14-5-7-17(8-6-14)23-29(2,26)27/h5-11,16,20,22-24H,3-4,12-13H2,1-2H3/t16-,20-/m0/s1. The fourth-order valence-corrected chi connectivity index (χ4v) is 4.08. The van der Waals surface area contributed by atoms with Crippen LogP contribution in [0.3, 0.4) is 0 Å². The first-order chi connectivity index (χ1) is 13.8. The number of methoxy groups -OCH3 is 1. The molecular weight excluding hydrogens is 392 g/mol. The molecule has 8 heteroatoms. The smallest absolute Gasteiger partial charge is 0.229 e. The number of sulfonamides is 1. The number of benzene rings is 2. The van der Waals surface area contributed by atoms with E-state index in [0.717, 1.165) is 36.0 Å². The third-order valence-electron chi connectivity index (χ3n) is 5.04. The highest BCUT2D eigenvalue weighted by Gasteiger charge is 2.27. The highest BCUT2D eigenvalue weighted by molar-refractivity contribution is 7.92. The molecule has 0 fully saturated rings. The maximum absolute atomic E-state index is 12.7. The summed E-state index contributed by atoms with van der Waals surface area (Å²) in [6.45, 7) is 0.799. The summed E-state index contributed by atoms with van der Waals surface area (Å²) in [7, 11) is -1.72. The summed E-state index contributed by atoms with van der Waals surface area (Å²) < 4.78 is 30.1. The van der Waals surface area contributed by atoms with E-state index < -0.39 is 16.1 Å². The largest absolute Gasteiger partial charge is 0.497 e. The fourth-order valence-electron chi connectivity index (χ4n) is 3.52. The molecule has 0 saturated carbocycles.